The van der Waals surface area contributed by atoms with Crippen molar-refractivity contribution in [2.75, 3.05) is 13.2 Å². The first kappa shape index (κ1) is 69.2. The lowest BCUT2D eigenvalue weighted by atomic mass is 10.0. The fourth-order valence-corrected chi connectivity index (χ4v) is 9.91. The van der Waals surface area contributed by atoms with Crippen molar-refractivity contribution in [1.29, 1.82) is 0 Å². The van der Waals surface area contributed by atoms with Gasteiger partial charge in [-0.3, -0.25) is 14.4 Å². The normalized spacial score (nSPS) is 12.0. The third-order valence-corrected chi connectivity index (χ3v) is 14.8. The number of hydrogen-bond donors (Lipinski definition) is 0. The van der Waals surface area contributed by atoms with Gasteiger partial charge in [0.2, 0.25) is 0 Å². The number of allylic oxidation sites excluding steroid dienone is 2. The number of esters is 3. The zero-order valence-electron chi connectivity index (χ0n) is 48.3. The summed E-state index contributed by atoms with van der Waals surface area (Å²) in [5, 5.41) is 0. The molecule has 0 heterocycles. The number of hydrogen-bond acceptors (Lipinski definition) is 6. The third kappa shape index (κ3) is 58.9. The lowest BCUT2D eigenvalue weighted by Crippen LogP contribution is -2.30. The van der Waals surface area contributed by atoms with E-state index < -0.39 is 6.10 Å². The van der Waals surface area contributed by atoms with Gasteiger partial charge in [-0.2, -0.15) is 0 Å². The van der Waals surface area contributed by atoms with Crippen molar-refractivity contribution in [3.63, 3.8) is 0 Å². The Balaban J connectivity index is 3.82. The summed E-state index contributed by atoms with van der Waals surface area (Å²) in [6.45, 7) is 6.59. The number of rotatable bonds is 60. The minimum absolute atomic E-state index is 0.0692. The van der Waals surface area contributed by atoms with Gasteiger partial charge in [-0.1, -0.05) is 315 Å². The molecule has 0 aromatic carbocycles. The molecular weight excluding hydrogens is 877 g/mol. The first-order chi connectivity index (χ1) is 35.0. The molecule has 1 atom stereocenters. The van der Waals surface area contributed by atoms with Gasteiger partial charge in [-0.05, 0) is 44.9 Å². The maximum absolute atomic E-state index is 12.7. The maximum Gasteiger partial charge on any atom is 0.306 e. The molecular formula is C65H124O6. The highest BCUT2D eigenvalue weighted by Crippen LogP contribution is 2.18. The van der Waals surface area contributed by atoms with Crippen LogP contribution >= 0.6 is 0 Å². The van der Waals surface area contributed by atoms with Crippen LogP contribution in [0.25, 0.3) is 0 Å². The Labute approximate surface area is 443 Å². The van der Waals surface area contributed by atoms with Gasteiger partial charge in [0.1, 0.15) is 13.2 Å². The minimum atomic E-state index is -0.767. The molecule has 6 heteroatoms. The van der Waals surface area contributed by atoms with E-state index in [2.05, 4.69) is 32.9 Å². The summed E-state index contributed by atoms with van der Waals surface area (Å²) in [7, 11) is 0. The molecule has 0 bridgehead atoms. The van der Waals surface area contributed by atoms with E-state index in [1.54, 1.807) is 0 Å². The zero-order valence-corrected chi connectivity index (χ0v) is 48.3. The Hall–Kier alpha value is -1.85. The van der Waals surface area contributed by atoms with Crippen LogP contribution in [0, 0.1) is 0 Å². The second-order valence-corrected chi connectivity index (χ2v) is 22.0. The van der Waals surface area contributed by atoms with E-state index in [1.807, 2.05) is 0 Å². The molecule has 0 aromatic heterocycles. The average Bonchev–Trinajstić information content (AvgIpc) is 3.37. The monoisotopic (exact) mass is 1000 g/mol. The highest BCUT2D eigenvalue weighted by atomic mass is 16.6. The van der Waals surface area contributed by atoms with Gasteiger partial charge in [0.25, 0.3) is 0 Å². The van der Waals surface area contributed by atoms with Crippen molar-refractivity contribution in [3.8, 4) is 0 Å². The molecule has 0 amide bonds. The van der Waals surface area contributed by atoms with Gasteiger partial charge in [0.05, 0.1) is 0 Å². The molecule has 0 N–H and O–H groups in total. The molecule has 6 nitrogen and oxygen atoms in total. The standard InChI is InChI=1S/C65H124O6/c1-4-7-10-13-15-17-19-21-23-24-25-26-27-28-29-30-31-32-33-34-35-36-37-38-39-40-41-42-44-45-47-49-52-55-58-64(67)70-61-62(60-69-63(66)57-54-51-12-9-6-3)71-65(68)59-56-53-50-48-46-43-22-20-18-16-14-11-8-5-2/h20,22,62H,4-19,21,23-61H2,1-3H3/b22-20-. The molecule has 0 spiro atoms. The molecule has 0 saturated carbocycles. The molecule has 0 fully saturated rings. The number of unbranched alkanes of at least 4 members (excludes halogenated alkanes) is 47. The van der Waals surface area contributed by atoms with Crippen molar-refractivity contribution in [3.05, 3.63) is 12.2 Å². The smallest absolute Gasteiger partial charge is 0.306 e. The Morgan fingerprint density at radius 1 is 0.268 bits per heavy atom. The molecule has 0 aliphatic rings. The molecule has 71 heavy (non-hydrogen) atoms. The molecule has 0 radical (unpaired) electrons. The lowest BCUT2D eigenvalue weighted by molar-refractivity contribution is -0.167. The van der Waals surface area contributed by atoms with Crippen LogP contribution in [0.4, 0.5) is 0 Å². The van der Waals surface area contributed by atoms with Gasteiger partial charge < -0.3 is 14.2 Å². The summed E-state index contributed by atoms with van der Waals surface area (Å²) in [6, 6.07) is 0. The summed E-state index contributed by atoms with van der Waals surface area (Å²) in [5.74, 6) is -0.872. The first-order valence-corrected chi connectivity index (χ1v) is 32.2. The predicted octanol–water partition coefficient (Wildman–Crippen LogP) is 21.7. The third-order valence-electron chi connectivity index (χ3n) is 14.8. The second kappa shape index (κ2) is 60.7. The largest absolute Gasteiger partial charge is 0.462 e. The molecule has 0 rings (SSSR count). The van der Waals surface area contributed by atoms with Crippen LogP contribution in [0.5, 0.6) is 0 Å². The van der Waals surface area contributed by atoms with E-state index >= 15 is 0 Å². The van der Waals surface area contributed by atoms with Gasteiger partial charge in [0.15, 0.2) is 6.10 Å². The molecule has 420 valence electrons. The SMILES string of the molecule is CCCCCCC/C=C\CCCCCCCC(=O)OC(COC(=O)CCCCCCC)COC(=O)CCCCCCCCCCCCCCCCCCCCCCCCCCCCCCCCCCCC. The Morgan fingerprint density at radius 2 is 0.465 bits per heavy atom. The molecule has 0 aliphatic heterocycles. The molecule has 0 saturated heterocycles. The molecule has 0 aromatic rings. The summed E-state index contributed by atoms with van der Waals surface area (Å²) in [5.41, 5.74) is 0. The summed E-state index contributed by atoms with van der Waals surface area (Å²) in [4.78, 5) is 37.8. The second-order valence-electron chi connectivity index (χ2n) is 22.0. The van der Waals surface area contributed by atoms with Crippen LogP contribution in [-0.2, 0) is 28.6 Å². The predicted molar refractivity (Wildman–Crippen MR) is 307 cm³/mol. The summed E-state index contributed by atoms with van der Waals surface area (Å²) < 4.78 is 16.7. The van der Waals surface area contributed by atoms with E-state index in [0.717, 1.165) is 70.6 Å². The quantitative estimate of drug-likeness (QED) is 0.0261. The van der Waals surface area contributed by atoms with Crippen LogP contribution in [0.2, 0.25) is 0 Å². The van der Waals surface area contributed by atoms with Crippen LogP contribution in [0.1, 0.15) is 367 Å². The van der Waals surface area contributed by atoms with E-state index in [4.69, 9.17) is 14.2 Å². The van der Waals surface area contributed by atoms with Crippen LogP contribution in [-0.4, -0.2) is 37.2 Å². The lowest BCUT2D eigenvalue weighted by Gasteiger charge is -2.18. The van der Waals surface area contributed by atoms with Crippen LogP contribution < -0.4 is 0 Å². The summed E-state index contributed by atoms with van der Waals surface area (Å²) >= 11 is 0. The molecule has 0 aliphatic carbocycles. The van der Waals surface area contributed by atoms with Crippen LogP contribution in [0.15, 0.2) is 12.2 Å². The van der Waals surface area contributed by atoms with E-state index in [0.29, 0.717) is 19.3 Å². The van der Waals surface area contributed by atoms with Crippen molar-refractivity contribution in [2.24, 2.45) is 0 Å². The van der Waals surface area contributed by atoms with Crippen molar-refractivity contribution < 1.29 is 28.6 Å². The number of carbonyl (C=O) groups is 3. The van der Waals surface area contributed by atoms with Gasteiger partial charge in [-0.25, -0.2) is 0 Å². The van der Waals surface area contributed by atoms with Gasteiger partial charge in [-0.15, -0.1) is 0 Å². The van der Waals surface area contributed by atoms with Gasteiger partial charge >= 0.3 is 17.9 Å². The Bertz CT molecular complexity index is 1100. The van der Waals surface area contributed by atoms with Crippen LogP contribution in [0.3, 0.4) is 0 Å². The van der Waals surface area contributed by atoms with E-state index in [9.17, 15) is 14.4 Å². The number of ether oxygens (including phenoxy) is 3. The van der Waals surface area contributed by atoms with Crippen molar-refractivity contribution in [1.82, 2.24) is 0 Å². The van der Waals surface area contributed by atoms with Crippen molar-refractivity contribution in [2.45, 2.75) is 374 Å². The molecule has 1 unspecified atom stereocenters. The first-order valence-electron chi connectivity index (χ1n) is 32.2. The van der Waals surface area contributed by atoms with Crippen molar-refractivity contribution >= 4 is 17.9 Å². The highest BCUT2D eigenvalue weighted by molar-refractivity contribution is 5.71. The van der Waals surface area contributed by atoms with E-state index in [1.165, 1.54) is 257 Å². The van der Waals surface area contributed by atoms with Gasteiger partial charge in [0, 0.05) is 19.3 Å². The minimum Gasteiger partial charge on any atom is -0.462 e. The Kier molecular flexibility index (Phi) is 59.1. The maximum atomic E-state index is 12.7. The fraction of sp³-hybridized carbons (Fsp3) is 0.923. The summed E-state index contributed by atoms with van der Waals surface area (Å²) in [6.07, 6.45) is 71.6. The highest BCUT2D eigenvalue weighted by Gasteiger charge is 2.19. The fourth-order valence-electron chi connectivity index (χ4n) is 9.91. The zero-order chi connectivity index (χ0) is 51.4. The topological polar surface area (TPSA) is 78.9 Å². The average molecular weight is 1000 g/mol. The Morgan fingerprint density at radius 3 is 0.704 bits per heavy atom. The van der Waals surface area contributed by atoms with E-state index in [-0.39, 0.29) is 31.1 Å². The number of carbonyl (C=O) groups excluding carboxylic acids is 3.